The lowest BCUT2D eigenvalue weighted by Crippen LogP contribution is -2.29. The maximum atomic E-state index is 10.3. The van der Waals surface area contributed by atoms with Gasteiger partial charge in [-0.25, -0.2) is 0 Å². The molecule has 1 aliphatic heterocycles. The Labute approximate surface area is 141 Å². The van der Waals surface area contributed by atoms with Gasteiger partial charge in [0, 0.05) is 45.0 Å². The van der Waals surface area contributed by atoms with Crippen molar-refractivity contribution in [3.8, 4) is 5.75 Å². The van der Waals surface area contributed by atoms with Crippen LogP contribution in [0.2, 0.25) is 0 Å². The van der Waals surface area contributed by atoms with Gasteiger partial charge in [-0.15, -0.1) is 0 Å². The van der Waals surface area contributed by atoms with Gasteiger partial charge in [-0.1, -0.05) is 0 Å². The van der Waals surface area contributed by atoms with E-state index in [1.807, 2.05) is 34.9 Å². The van der Waals surface area contributed by atoms with Crippen LogP contribution < -0.4 is 4.74 Å². The van der Waals surface area contributed by atoms with Gasteiger partial charge in [0.15, 0.2) is 5.75 Å². The normalized spacial score (nSPS) is 21.5. The fraction of sp³-hybridized carbons (Fsp3) is 0.625. The van der Waals surface area contributed by atoms with E-state index in [-0.39, 0.29) is 6.10 Å². The lowest BCUT2D eigenvalue weighted by molar-refractivity contribution is 0.0736. The largest absolute Gasteiger partial charge is 0.483 e. The van der Waals surface area contributed by atoms with Crippen molar-refractivity contribution in [2.75, 3.05) is 26.8 Å². The summed E-state index contributed by atoms with van der Waals surface area (Å²) in [4.78, 5) is 2.18. The topological polar surface area (TPSA) is 77.6 Å². The smallest absolute Gasteiger partial charge is 0.157 e. The number of aliphatic hydroxyl groups is 1. The molecular formula is C16H25N5O3. The first-order chi connectivity index (χ1) is 11.7. The summed E-state index contributed by atoms with van der Waals surface area (Å²) in [7, 11) is 1.68. The Morgan fingerprint density at radius 3 is 2.79 bits per heavy atom. The minimum Gasteiger partial charge on any atom is -0.483 e. The third-order valence-corrected chi connectivity index (χ3v) is 4.15. The molecule has 2 aromatic heterocycles. The van der Waals surface area contributed by atoms with Crippen LogP contribution >= 0.6 is 0 Å². The van der Waals surface area contributed by atoms with Gasteiger partial charge in [-0.05, 0) is 6.92 Å². The summed E-state index contributed by atoms with van der Waals surface area (Å²) in [5, 5.41) is 18.8. The molecule has 0 spiro atoms. The van der Waals surface area contributed by atoms with E-state index in [1.54, 1.807) is 13.3 Å². The number of aryl methyl sites for hydroxylation is 1. The van der Waals surface area contributed by atoms with Crippen molar-refractivity contribution in [2.45, 2.75) is 38.8 Å². The van der Waals surface area contributed by atoms with E-state index in [1.165, 1.54) is 0 Å². The second-order valence-corrected chi connectivity index (χ2v) is 6.05. The minimum absolute atomic E-state index is 0.233. The number of nitrogens with zero attached hydrogens (tertiary/aromatic N) is 5. The van der Waals surface area contributed by atoms with Crippen molar-refractivity contribution >= 4 is 0 Å². The number of methoxy groups -OCH3 is 1. The quantitative estimate of drug-likeness (QED) is 0.751. The van der Waals surface area contributed by atoms with Crippen molar-refractivity contribution in [2.24, 2.45) is 0 Å². The van der Waals surface area contributed by atoms with Gasteiger partial charge in [-0.2, -0.15) is 10.2 Å². The number of aromatic nitrogens is 4. The zero-order chi connectivity index (χ0) is 16.9. The van der Waals surface area contributed by atoms with E-state index in [0.717, 1.165) is 25.2 Å². The number of β-amino-alcohol motifs (C(OH)–C–C–N with tert-alkyl or cyclic N) is 1. The van der Waals surface area contributed by atoms with E-state index in [9.17, 15) is 5.11 Å². The second kappa shape index (κ2) is 7.78. The van der Waals surface area contributed by atoms with E-state index in [4.69, 9.17) is 9.47 Å². The van der Waals surface area contributed by atoms with Crippen molar-refractivity contribution in [3.63, 3.8) is 0 Å². The maximum Gasteiger partial charge on any atom is 0.157 e. The Balaban J connectivity index is 1.52. The van der Waals surface area contributed by atoms with Gasteiger partial charge >= 0.3 is 0 Å². The van der Waals surface area contributed by atoms with Gasteiger partial charge in [0.05, 0.1) is 31.7 Å². The van der Waals surface area contributed by atoms with Gasteiger partial charge < -0.3 is 14.6 Å². The molecule has 2 aromatic rings. The number of aliphatic hydroxyl groups excluding tert-OH is 1. The maximum absolute atomic E-state index is 10.3. The molecule has 24 heavy (non-hydrogen) atoms. The number of hydrogen-bond donors (Lipinski definition) is 1. The standard InChI is InChI=1S/C16H25N5O3/c1-3-20-10-14(7-18-20)24-16-12-19(11-15(16)22)8-13-6-17-21(9-13)4-5-23-2/h6-7,9-10,15-16,22H,3-5,8,11-12H2,1-2H3/t15-,16-/m1/s1. The fourth-order valence-corrected chi connectivity index (χ4v) is 2.88. The highest BCUT2D eigenvalue weighted by Gasteiger charge is 2.33. The average Bonchev–Trinajstić information content (AvgIpc) is 3.28. The monoisotopic (exact) mass is 335 g/mol. The van der Waals surface area contributed by atoms with Crippen molar-refractivity contribution in [1.82, 2.24) is 24.5 Å². The van der Waals surface area contributed by atoms with Gasteiger partial charge in [0.1, 0.15) is 12.2 Å². The highest BCUT2D eigenvalue weighted by molar-refractivity contribution is 5.13. The fourth-order valence-electron chi connectivity index (χ4n) is 2.88. The molecule has 1 saturated heterocycles. The van der Waals surface area contributed by atoms with Crippen LogP contribution in [0.25, 0.3) is 0 Å². The third-order valence-electron chi connectivity index (χ3n) is 4.15. The highest BCUT2D eigenvalue weighted by atomic mass is 16.5. The SMILES string of the molecule is CCn1cc(O[C@@H]2CN(Cc3cnn(CCOC)c3)C[C@H]2O)cn1. The Morgan fingerprint density at radius 2 is 2.04 bits per heavy atom. The zero-order valence-corrected chi connectivity index (χ0v) is 14.2. The van der Waals surface area contributed by atoms with E-state index < -0.39 is 6.10 Å². The zero-order valence-electron chi connectivity index (χ0n) is 14.2. The van der Waals surface area contributed by atoms with E-state index in [0.29, 0.717) is 25.4 Å². The predicted octanol–water partition coefficient (Wildman–Crippen LogP) is 0.370. The number of ether oxygens (including phenoxy) is 2. The molecule has 0 saturated carbocycles. The Bertz CT molecular complexity index is 641. The second-order valence-electron chi connectivity index (χ2n) is 6.05. The van der Waals surface area contributed by atoms with E-state index >= 15 is 0 Å². The van der Waals surface area contributed by atoms with Crippen LogP contribution in [0.5, 0.6) is 5.75 Å². The molecule has 1 fully saturated rings. The van der Waals surface area contributed by atoms with Crippen LogP contribution in [0.15, 0.2) is 24.8 Å². The highest BCUT2D eigenvalue weighted by Crippen LogP contribution is 2.20. The summed E-state index contributed by atoms with van der Waals surface area (Å²) in [6.45, 7) is 6.23. The first-order valence-corrected chi connectivity index (χ1v) is 8.27. The molecule has 8 heteroatoms. The lowest BCUT2D eigenvalue weighted by Gasteiger charge is -2.15. The molecule has 3 rings (SSSR count). The Kier molecular flexibility index (Phi) is 5.49. The van der Waals surface area contributed by atoms with Crippen LogP contribution in [0, 0.1) is 0 Å². The van der Waals surface area contributed by atoms with Crippen LogP contribution in [0.1, 0.15) is 12.5 Å². The average molecular weight is 335 g/mol. The van der Waals surface area contributed by atoms with Crippen LogP contribution in [-0.2, 0) is 24.4 Å². The molecular weight excluding hydrogens is 310 g/mol. The van der Waals surface area contributed by atoms with E-state index in [2.05, 4.69) is 15.1 Å². The Hall–Kier alpha value is -1.90. The predicted molar refractivity (Wildman–Crippen MR) is 87.7 cm³/mol. The molecule has 1 aliphatic rings. The summed E-state index contributed by atoms with van der Waals surface area (Å²) >= 11 is 0. The first kappa shape index (κ1) is 16.9. The summed E-state index contributed by atoms with van der Waals surface area (Å²) in [6, 6.07) is 0. The molecule has 1 N–H and O–H groups in total. The van der Waals surface area contributed by atoms with Crippen LogP contribution in [-0.4, -0.2) is 68.6 Å². The molecule has 3 heterocycles. The molecule has 2 atom stereocenters. The summed E-state index contributed by atoms with van der Waals surface area (Å²) in [5.74, 6) is 0.704. The summed E-state index contributed by atoms with van der Waals surface area (Å²) < 4.78 is 14.6. The molecule has 0 bridgehead atoms. The molecule has 132 valence electrons. The Morgan fingerprint density at radius 1 is 1.21 bits per heavy atom. The van der Waals surface area contributed by atoms with Gasteiger partial charge in [-0.3, -0.25) is 14.3 Å². The minimum atomic E-state index is -0.501. The van der Waals surface area contributed by atoms with Gasteiger partial charge in [0.25, 0.3) is 0 Å². The molecule has 0 radical (unpaired) electrons. The lowest BCUT2D eigenvalue weighted by atomic mass is 10.3. The van der Waals surface area contributed by atoms with Crippen molar-refractivity contribution in [3.05, 3.63) is 30.4 Å². The van der Waals surface area contributed by atoms with Crippen molar-refractivity contribution < 1.29 is 14.6 Å². The number of likely N-dealkylation sites (tertiary alicyclic amines) is 1. The van der Waals surface area contributed by atoms with Crippen LogP contribution in [0.4, 0.5) is 0 Å². The summed E-state index contributed by atoms with van der Waals surface area (Å²) in [5.41, 5.74) is 1.12. The molecule has 0 amide bonds. The number of rotatable bonds is 8. The van der Waals surface area contributed by atoms with Gasteiger partial charge in [0.2, 0.25) is 0 Å². The molecule has 0 unspecified atom stereocenters. The van der Waals surface area contributed by atoms with Crippen molar-refractivity contribution in [1.29, 1.82) is 0 Å². The molecule has 0 aromatic carbocycles. The third kappa shape index (κ3) is 4.14. The first-order valence-electron chi connectivity index (χ1n) is 8.27. The number of hydrogen-bond acceptors (Lipinski definition) is 6. The molecule has 0 aliphatic carbocycles. The van der Waals surface area contributed by atoms with Crippen LogP contribution in [0.3, 0.4) is 0 Å². The molecule has 8 nitrogen and oxygen atoms in total. The summed E-state index contributed by atoms with van der Waals surface area (Å²) in [6.07, 6.45) is 6.70.